The monoisotopic (exact) mass is 502 g/mol. The number of benzene rings is 2. The van der Waals surface area contributed by atoms with Crippen molar-refractivity contribution in [3.05, 3.63) is 66.4 Å². The molecule has 3 aromatic rings. The Morgan fingerprint density at radius 1 is 1.08 bits per heavy atom. The van der Waals surface area contributed by atoms with Gasteiger partial charge in [-0.05, 0) is 54.0 Å². The van der Waals surface area contributed by atoms with E-state index in [2.05, 4.69) is 39.7 Å². The maximum Gasteiger partial charge on any atom is 0.188 e. The Labute approximate surface area is 218 Å². The zero-order valence-electron chi connectivity index (χ0n) is 21.7. The van der Waals surface area contributed by atoms with Crippen molar-refractivity contribution in [3.63, 3.8) is 0 Å². The van der Waals surface area contributed by atoms with Crippen molar-refractivity contribution in [2.45, 2.75) is 32.6 Å². The minimum absolute atomic E-state index is 0.288. The van der Waals surface area contributed by atoms with Gasteiger partial charge < -0.3 is 19.3 Å². The zero-order valence-corrected chi connectivity index (χ0v) is 21.7. The van der Waals surface area contributed by atoms with Crippen LogP contribution in [0.15, 0.2) is 55.0 Å². The lowest BCUT2D eigenvalue weighted by Crippen LogP contribution is -2.72. The number of hydrogen-bond acceptors (Lipinski definition) is 6. The lowest BCUT2D eigenvalue weighted by molar-refractivity contribution is -0.0484. The van der Waals surface area contributed by atoms with Gasteiger partial charge in [0.1, 0.15) is 17.9 Å². The molecule has 6 nitrogen and oxygen atoms in total. The normalized spacial score (nSPS) is 21.1. The van der Waals surface area contributed by atoms with Crippen LogP contribution in [0.3, 0.4) is 0 Å². The van der Waals surface area contributed by atoms with Gasteiger partial charge in [-0.3, -0.25) is 0 Å². The summed E-state index contributed by atoms with van der Waals surface area (Å²) in [6.45, 7) is 11.5. The van der Waals surface area contributed by atoms with E-state index in [0.29, 0.717) is 28.7 Å². The average molecular weight is 503 g/mol. The van der Waals surface area contributed by atoms with Gasteiger partial charge in [0.05, 0.1) is 12.8 Å². The van der Waals surface area contributed by atoms with Gasteiger partial charge in [0.25, 0.3) is 0 Å². The molecule has 0 radical (unpaired) electrons. The number of anilines is 1. The first kappa shape index (κ1) is 24.3. The molecular formula is C30H35FN4O2. The van der Waals surface area contributed by atoms with Crippen LogP contribution in [0.2, 0.25) is 0 Å². The van der Waals surface area contributed by atoms with Crippen LogP contribution in [-0.4, -0.2) is 60.8 Å². The van der Waals surface area contributed by atoms with Crippen molar-refractivity contribution in [1.29, 1.82) is 0 Å². The van der Waals surface area contributed by atoms with E-state index in [9.17, 15) is 4.39 Å². The third-order valence-corrected chi connectivity index (χ3v) is 7.93. The highest BCUT2D eigenvalue weighted by Gasteiger charge is 2.52. The molecule has 3 aliphatic rings. The van der Waals surface area contributed by atoms with Gasteiger partial charge in [0, 0.05) is 50.3 Å². The molecule has 3 aliphatic heterocycles. The summed E-state index contributed by atoms with van der Waals surface area (Å²) in [5.41, 5.74) is 3.21. The molecule has 3 fully saturated rings. The first-order valence-corrected chi connectivity index (χ1v) is 13.4. The van der Waals surface area contributed by atoms with Crippen molar-refractivity contribution in [2.24, 2.45) is 11.3 Å². The number of hydrogen-bond donors (Lipinski definition) is 0. The Hall–Kier alpha value is -3.03. The second kappa shape index (κ2) is 10.0. The Morgan fingerprint density at radius 3 is 2.70 bits per heavy atom. The molecule has 0 amide bonds. The van der Waals surface area contributed by atoms with Gasteiger partial charge in [-0.2, -0.15) is 0 Å². The molecule has 1 aromatic heterocycles. The van der Waals surface area contributed by atoms with E-state index >= 15 is 0 Å². The van der Waals surface area contributed by atoms with Crippen LogP contribution in [-0.2, 0) is 4.74 Å². The number of halogens is 1. The van der Waals surface area contributed by atoms with Crippen LogP contribution in [0.4, 0.5) is 10.2 Å². The molecule has 0 aliphatic carbocycles. The van der Waals surface area contributed by atoms with Crippen LogP contribution in [0.1, 0.15) is 38.2 Å². The summed E-state index contributed by atoms with van der Waals surface area (Å²) in [6, 6.07) is 12.8. The van der Waals surface area contributed by atoms with E-state index in [4.69, 9.17) is 9.47 Å². The number of nitrogens with zero attached hydrogens (tertiary/aromatic N) is 4. The minimum atomic E-state index is -0.288. The maximum atomic E-state index is 14.4. The van der Waals surface area contributed by atoms with Crippen LogP contribution in [0.5, 0.6) is 11.5 Å². The quantitative estimate of drug-likeness (QED) is 0.410. The Balaban J connectivity index is 1.17. The highest BCUT2D eigenvalue weighted by molar-refractivity contribution is 5.75. The van der Waals surface area contributed by atoms with Gasteiger partial charge in [-0.1, -0.05) is 38.1 Å². The predicted octanol–water partition coefficient (Wildman–Crippen LogP) is 5.75. The number of rotatable bonds is 7. The smallest absolute Gasteiger partial charge is 0.188 e. The number of ether oxygens (including phenoxy) is 2. The van der Waals surface area contributed by atoms with E-state index in [1.54, 1.807) is 24.7 Å². The van der Waals surface area contributed by atoms with Crippen LogP contribution >= 0.6 is 0 Å². The molecule has 37 heavy (non-hydrogen) atoms. The van der Waals surface area contributed by atoms with Gasteiger partial charge in [0.2, 0.25) is 0 Å². The second-order valence-electron chi connectivity index (χ2n) is 11.3. The second-order valence-corrected chi connectivity index (χ2v) is 11.3. The van der Waals surface area contributed by atoms with Gasteiger partial charge >= 0.3 is 0 Å². The van der Waals surface area contributed by atoms with Crippen molar-refractivity contribution < 1.29 is 13.9 Å². The lowest BCUT2D eigenvalue weighted by Gasteiger charge is -2.61. The third kappa shape index (κ3) is 4.94. The summed E-state index contributed by atoms with van der Waals surface area (Å²) < 4.78 is 26.5. The molecule has 0 bridgehead atoms. The number of aromatic nitrogens is 2. The molecule has 3 saturated heterocycles. The highest BCUT2D eigenvalue weighted by atomic mass is 19.1. The highest BCUT2D eigenvalue weighted by Crippen LogP contribution is 2.45. The SMILES string of the molecule is CC(C)c1ccccc1-c1cc(F)ccc1Oc1cncnc1N1CC2(CN(CC3CCCOC3)C2)C1. The fraction of sp³-hybridized carbons (Fsp3) is 0.467. The molecule has 0 saturated carbocycles. The molecule has 7 heteroatoms. The summed E-state index contributed by atoms with van der Waals surface area (Å²) >= 11 is 0. The van der Waals surface area contributed by atoms with E-state index in [1.165, 1.54) is 18.9 Å². The molecule has 194 valence electrons. The fourth-order valence-electron chi connectivity index (χ4n) is 6.25. The zero-order chi connectivity index (χ0) is 25.4. The lowest BCUT2D eigenvalue weighted by atomic mass is 9.72. The molecular weight excluding hydrogens is 467 g/mol. The van der Waals surface area contributed by atoms with Gasteiger partial charge in [-0.25, -0.2) is 14.4 Å². The van der Waals surface area contributed by atoms with Gasteiger partial charge in [0.15, 0.2) is 11.6 Å². The topological polar surface area (TPSA) is 50.7 Å². The number of likely N-dealkylation sites (tertiary alicyclic amines) is 1. The van der Waals surface area contributed by atoms with Crippen molar-refractivity contribution in [2.75, 3.05) is 50.8 Å². The van der Waals surface area contributed by atoms with E-state index in [1.807, 2.05) is 18.2 Å². The molecule has 1 spiro atoms. The van der Waals surface area contributed by atoms with E-state index in [-0.39, 0.29) is 5.82 Å². The van der Waals surface area contributed by atoms with Gasteiger partial charge in [-0.15, -0.1) is 0 Å². The minimum Gasteiger partial charge on any atom is -0.451 e. The third-order valence-electron chi connectivity index (χ3n) is 7.93. The summed E-state index contributed by atoms with van der Waals surface area (Å²) in [5, 5.41) is 0. The fourth-order valence-corrected chi connectivity index (χ4v) is 6.25. The van der Waals surface area contributed by atoms with Crippen LogP contribution < -0.4 is 9.64 Å². The van der Waals surface area contributed by atoms with Crippen molar-refractivity contribution in [3.8, 4) is 22.6 Å². The van der Waals surface area contributed by atoms with Crippen LogP contribution in [0, 0.1) is 17.2 Å². The first-order chi connectivity index (χ1) is 18.0. The van der Waals surface area contributed by atoms with Crippen LogP contribution in [0.25, 0.3) is 11.1 Å². The molecule has 1 atom stereocenters. The largest absolute Gasteiger partial charge is 0.451 e. The van der Waals surface area contributed by atoms with E-state index in [0.717, 1.165) is 68.4 Å². The van der Waals surface area contributed by atoms with Crippen molar-refractivity contribution in [1.82, 2.24) is 14.9 Å². The first-order valence-electron chi connectivity index (χ1n) is 13.4. The molecule has 0 N–H and O–H groups in total. The summed E-state index contributed by atoms with van der Waals surface area (Å²) in [6.07, 6.45) is 5.75. The summed E-state index contributed by atoms with van der Waals surface area (Å²) in [7, 11) is 0. The molecule has 1 unspecified atom stereocenters. The molecule has 4 heterocycles. The maximum absolute atomic E-state index is 14.4. The predicted molar refractivity (Wildman–Crippen MR) is 143 cm³/mol. The Kier molecular flexibility index (Phi) is 6.59. The summed E-state index contributed by atoms with van der Waals surface area (Å²) in [4.78, 5) is 13.7. The molecule has 2 aromatic carbocycles. The average Bonchev–Trinajstić information content (AvgIpc) is 2.87. The summed E-state index contributed by atoms with van der Waals surface area (Å²) in [5.74, 6) is 2.69. The van der Waals surface area contributed by atoms with E-state index < -0.39 is 0 Å². The van der Waals surface area contributed by atoms with Crippen molar-refractivity contribution >= 4 is 5.82 Å². The Bertz CT molecular complexity index is 1250. The Morgan fingerprint density at radius 2 is 1.92 bits per heavy atom. The molecule has 6 rings (SSSR count). The standard InChI is InChI=1S/C30H35FN4O2/c1-21(2)24-7-3-4-8-25(24)26-12-23(31)9-10-27(26)37-28-13-32-20-33-29(28)35-18-30(19-35)16-34(17-30)14-22-6-5-11-36-15-22/h3-4,7-10,12-13,20-22H,5-6,11,14-19H2,1-2H3.